The van der Waals surface area contributed by atoms with Gasteiger partial charge in [-0.25, -0.2) is 29.7 Å². The monoisotopic (exact) mass is 1370 g/mol. The molecule has 2 saturated heterocycles. The van der Waals surface area contributed by atoms with Crippen LogP contribution in [0.25, 0.3) is 10.7 Å². The number of thiazole rings is 2. The van der Waals surface area contributed by atoms with Crippen LogP contribution in [0.2, 0.25) is 0 Å². The van der Waals surface area contributed by atoms with Gasteiger partial charge in [-0.05, 0) is 27.7 Å². The van der Waals surface area contributed by atoms with Crippen LogP contribution in [0, 0.1) is 12.8 Å². The molecule has 0 aromatic carbocycles. The van der Waals surface area contributed by atoms with Gasteiger partial charge < -0.3 is 136 Å². The Hall–Kier alpha value is -7.69. The summed E-state index contributed by atoms with van der Waals surface area (Å²) in [6.45, 7) is 4.60. The number of nitrogens with one attached hydrogen (secondary N) is 7. The fraction of sp³-hybridized carbons (Fsp3) is 0.604. The Bertz CT molecular complexity index is 3240. The molecular weight excluding hydrogens is 1290 g/mol. The summed E-state index contributed by atoms with van der Waals surface area (Å²) in [5, 5.41) is 108. The summed E-state index contributed by atoms with van der Waals surface area (Å²) in [4.78, 5) is 130. The molecule has 2 aliphatic heterocycles. The van der Waals surface area contributed by atoms with Crippen molar-refractivity contribution in [3.05, 3.63) is 56.8 Å². The molecule has 8 amide bonds. The Morgan fingerprint density at radius 3 is 2.05 bits per heavy atom. The smallest absolute Gasteiger partial charge is 0.404 e. The number of aromatic nitrogens is 6. The summed E-state index contributed by atoms with van der Waals surface area (Å²) < 4.78 is 28.7. The van der Waals surface area contributed by atoms with Crippen LogP contribution in [-0.2, 0) is 54.1 Å². The molecule has 4 aromatic heterocycles. The summed E-state index contributed by atoms with van der Waals surface area (Å²) in [7, 11) is 0. The van der Waals surface area contributed by atoms with Gasteiger partial charge in [0.15, 0.2) is 18.7 Å². The van der Waals surface area contributed by atoms with E-state index in [1.807, 2.05) is 0 Å². The number of hydrogen-bond acceptors (Lipinski definition) is 32. The Balaban J connectivity index is 1.28. The summed E-state index contributed by atoms with van der Waals surface area (Å²) in [6.07, 6.45) is -25.1. The highest BCUT2D eigenvalue weighted by Gasteiger charge is 2.54. The Kier molecular flexibility index (Phi) is 27.3. The number of anilines is 1. The first-order chi connectivity index (χ1) is 44.3. The van der Waals surface area contributed by atoms with Crippen molar-refractivity contribution in [2.24, 2.45) is 34.6 Å². The van der Waals surface area contributed by atoms with Crippen LogP contribution in [-0.4, -0.2) is 255 Å². The second kappa shape index (κ2) is 34.1. The van der Waals surface area contributed by atoms with E-state index in [4.69, 9.17) is 58.1 Å². The fourth-order valence-electron chi connectivity index (χ4n) is 9.49. The van der Waals surface area contributed by atoms with Gasteiger partial charge in [-0.1, -0.05) is 6.92 Å². The lowest BCUT2D eigenvalue weighted by Gasteiger charge is -2.47. The Labute approximate surface area is 542 Å². The lowest BCUT2D eigenvalue weighted by molar-refractivity contribution is -0.372. The minimum absolute atomic E-state index is 0.0185. The number of ether oxygens (including phenoxy) is 5. The van der Waals surface area contributed by atoms with Crippen LogP contribution in [0.4, 0.5) is 10.6 Å². The zero-order valence-electron chi connectivity index (χ0n) is 51.2. The highest BCUT2D eigenvalue weighted by Crippen LogP contribution is 2.35. The first-order valence-corrected chi connectivity index (χ1v) is 30.8. The third kappa shape index (κ3) is 19.5. The highest BCUT2D eigenvalue weighted by atomic mass is 32.1. The van der Waals surface area contributed by atoms with Crippen molar-refractivity contribution in [3.8, 4) is 10.7 Å². The van der Waals surface area contributed by atoms with Gasteiger partial charge in [0.1, 0.15) is 94.6 Å². The number of nitrogen functional groups attached to an aromatic ring is 1. The molecule has 0 radical (unpaired) electrons. The number of aliphatic hydroxyl groups excluding tert-OH is 8. The van der Waals surface area contributed by atoms with Crippen LogP contribution in [0.15, 0.2) is 23.3 Å². The Morgan fingerprint density at radius 1 is 0.755 bits per heavy atom. The minimum atomic E-state index is -2.20. The Morgan fingerprint density at radius 2 is 1.44 bits per heavy atom. The molecule has 0 saturated carbocycles. The molecule has 520 valence electrons. The van der Waals surface area contributed by atoms with E-state index in [9.17, 15) is 74.4 Å². The number of amides is 8. The van der Waals surface area contributed by atoms with Gasteiger partial charge in [0, 0.05) is 54.8 Å². The number of nitrogens with zero attached hydrogens (tertiary/aromatic N) is 5. The number of nitrogens with two attached hydrogens (primary N) is 6. The van der Waals surface area contributed by atoms with Crippen molar-refractivity contribution < 1.29 is 103 Å². The normalized spacial score (nSPS) is 24.5. The van der Waals surface area contributed by atoms with Gasteiger partial charge in [-0.2, -0.15) is 0 Å². The zero-order valence-corrected chi connectivity index (χ0v) is 52.8. The van der Waals surface area contributed by atoms with Crippen molar-refractivity contribution >= 4 is 75.9 Å². The second-order valence-corrected chi connectivity index (χ2v) is 24.0. The number of imidazole rings is 1. The SMILES string of the molecule is Cc1c(N)nc(C(CC(N)=O)NCC(N)C(N)=O)nc1C(=O)NC(C(=O)NC(C)C(O)C(C)C(=O)NC(C(=O)NCCc1nc(-c2nc(C(=O)NCC(C)N)cs2)cs1)C(C)O)C(OC1OC(CO)C(O)C(O)C1OC1OC(CO)C(O)C(OC(N)=O)C1O)c1cnc[nH]1. The number of aromatic amines is 1. The first kappa shape index (κ1) is 75.3. The lowest BCUT2D eigenvalue weighted by Crippen LogP contribution is -2.65. The van der Waals surface area contributed by atoms with Crippen LogP contribution in [0.3, 0.4) is 0 Å². The van der Waals surface area contributed by atoms with Crippen molar-refractivity contribution in [1.29, 1.82) is 0 Å². The molecule has 39 nitrogen and oxygen atoms in total. The third-order valence-corrected chi connectivity index (χ3v) is 16.6. The molecule has 20 atom stereocenters. The van der Waals surface area contributed by atoms with Crippen LogP contribution >= 0.6 is 22.7 Å². The second-order valence-electron chi connectivity index (χ2n) is 22.2. The van der Waals surface area contributed by atoms with Crippen LogP contribution < -0.4 is 66.3 Å². The summed E-state index contributed by atoms with van der Waals surface area (Å²) in [5.74, 6) is -8.82. The molecular formula is C53H80N18O21S2. The van der Waals surface area contributed by atoms with E-state index in [-0.39, 0.29) is 60.7 Å². The number of hydrogen-bond donors (Lipinski definition) is 21. The quantitative estimate of drug-likeness (QED) is 0.0211. The number of carbonyl (C=O) groups is 8. The van der Waals surface area contributed by atoms with Crippen molar-refractivity contribution in [1.82, 2.24) is 61.8 Å². The minimum Gasteiger partial charge on any atom is -0.441 e. The van der Waals surface area contributed by atoms with E-state index < -0.39 is 189 Å². The van der Waals surface area contributed by atoms with Gasteiger partial charge in [0.25, 0.3) is 11.8 Å². The predicted molar refractivity (Wildman–Crippen MR) is 324 cm³/mol. The van der Waals surface area contributed by atoms with Gasteiger partial charge in [0.2, 0.25) is 29.5 Å². The molecule has 4 aromatic rings. The molecule has 2 aliphatic rings. The molecule has 6 heterocycles. The number of aliphatic hydroxyl groups is 8. The lowest BCUT2D eigenvalue weighted by atomic mass is 9.96. The average molecular weight is 1370 g/mol. The molecule has 0 bridgehead atoms. The predicted octanol–water partition coefficient (Wildman–Crippen LogP) is -8.62. The standard InChI is InChI=1S/C53H80N18O21S2/c1-17(54)9-63-46(83)25-14-94-50(67-25)26-15-93-30(66-26)6-7-61-47(84)32(21(5)74)69-45(82)19(3)34(76)20(4)65-49(86)33(70-48(85)31-18(2)42(57)71-44(68-31)23(8-29(56)75)62-10-22(55)43(58)81)39(24-11-60-16-64-24)90-52-41(37(79)35(77)27(12-72)89-52)91-51-38(80)40(92-53(59)87)36(78)28(13-73)88-51/h11,14-17,19-23,27-28,32-41,51-52,62,72-74,76-80H,6-10,12-13,54-55H2,1-5H3,(H2,56,75)(H2,58,81)(H2,59,87)(H,60,64)(H,61,84)(H,63,83)(H,65,86)(H,69,82)(H,70,85)(H2,57,68,71). The van der Waals surface area contributed by atoms with Gasteiger partial charge in [-0.15, -0.1) is 22.7 Å². The average Bonchev–Trinajstić information content (AvgIpc) is 0.905. The van der Waals surface area contributed by atoms with E-state index in [1.165, 1.54) is 50.4 Å². The van der Waals surface area contributed by atoms with Gasteiger partial charge >= 0.3 is 6.09 Å². The van der Waals surface area contributed by atoms with E-state index in [0.29, 0.717) is 15.7 Å². The molecule has 0 aliphatic carbocycles. The number of H-pyrrole nitrogens is 1. The molecule has 6 rings (SSSR count). The number of carbonyl (C=O) groups excluding carboxylic acids is 8. The van der Waals surface area contributed by atoms with E-state index >= 15 is 4.79 Å². The summed E-state index contributed by atoms with van der Waals surface area (Å²) in [6, 6.07) is -8.13. The van der Waals surface area contributed by atoms with E-state index in [1.54, 1.807) is 17.7 Å². The largest absolute Gasteiger partial charge is 0.441 e. The van der Waals surface area contributed by atoms with Crippen LogP contribution in [0.1, 0.15) is 89.3 Å². The van der Waals surface area contributed by atoms with Crippen molar-refractivity contribution in [2.75, 3.05) is 38.6 Å². The zero-order chi connectivity index (χ0) is 69.6. The third-order valence-electron chi connectivity index (χ3n) is 14.9. The molecule has 27 N–H and O–H groups in total. The fourth-order valence-corrected chi connectivity index (χ4v) is 11.1. The summed E-state index contributed by atoms with van der Waals surface area (Å²) in [5.41, 5.74) is 33.7. The van der Waals surface area contributed by atoms with Crippen molar-refractivity contribution in [3.63, 3.8) is 0 Å². The number of primary amides is 3. The van der Waals surface area contributed by atoms with Crippen molar-refractivity contribution in [2.45, 2.75) is 163 Å². The maximum absolute atomic E-state index is 15.2. The molecule has 0 spiro atoms. The molecule has 20 unspecified atom stereocenters. The number of rotatable bonds is 33. The summed E-state index contributed by atoms with van der Waals surface area (Å²) >= 11 is 2.46. The van der Waals surface area contributed by atoms with E-state index in [2.05, 4.69) is 61.8 Å². The van der Waals surface area contributed by atoms with Gasteiger partial charge in [-0.3, -0.25) is 33.6 Å². The molecule has 94 heavy (non-hydrogen) atoms. The first-order valence-electron chi connectivity index (χ1n) is 29.1. The van der Waals surface area contributed by atoms with Crippen LogP contribution in [0.5, 0.6) is 0 Å². The maximum atomic E-state index is 15.2. The molecule has 2 fully saturated rings. The maximum Gasteiger partial charge on any atom is 0.404 e. The topological polar surface area (TPSA) is 653 Å². The molecule has 41 heteroatoms. The van der Waals surface area contributed by atoms with Gasteiger partial charge in [0.05, 0.1) is 72.7 Å². The highest BCUT2D eigenvalue weighted by molar-refractivity contribution is 7.14. The van der Waals surface area contributed by atoms with E-state index in [0.717, 1.165) is 12.5 Å².